The average Bonchev–Trinajstić information content (AvgIpc) is 2.47. The zero-order chi connectivity index (χ0) is 8.55. The van der Waals surface area contributed by atoms with E-state index in [4.69, 9.17) is 11.6 Å². The Hall–Kier alpha value is -0.490. The molecule has 0 unspecified atom stereocenters. The van der Waals surface area contributed by atoms with Gasteiger partial charge in [-0.3, -0.25) is 5.10 Å². The highest BCUT2D eigenvalue weighted by molar-refractivity contribution is 14.1. The van der Waals surface area contributed by atoms with E-state index in [-0.39, 0.29) is 0 Å². The summed E-state index contributed by atoms with van der Waals surface area (Å²) in [5, 5.41) is 8.24. The second kappa shape index (κ2) is 3.10. The van der Waals surface area contributed by atoms with Crippen molar-refractivity contribution >= 4 is 51.1 Å². The number of H-pyrrole nitrogens is 1. The van der Waals surface area contributed by atoms with Crippen LogP contribution in [-0.2, 0) is 0 Å². The van der Waals surface area contributed by atoms with Crippen LogP contribution in [0.4, 0.5) is 5.69 Å². The van der Waals surface area contributed by atoms with Gasteiger partial charge < -0.3 is 3.53 Å². The summed E-state index contributed by atoms with van der Waals surface area (Å²) in [7, 11) is 0. The fraction of sp³-hybridized carbons (Fsp3) is 0. The van der Waals surface area contributed by atoms with Crippen LogP contribution >= 0.6 is 34.5 Å². The molecule has 2 rings (SSSR count). The number of fused-ring (bicyclic) bond motifs is 1. The van der Waals surface area contributed by atoms with Crippen LogP contribution in [0.3, 0.4) is 0 Å². The Balaban J connectivity index is 2.71. The van der Waals surface area contributed by atoms with Gasteiger partial charge in [-0.2, -0.15) is 5.10 Å². The summed E-state index contributed by atoms with van der Waals surface area (Å²) in [6.45, 7) is 0. The number of aromatic amines is 1. The number of hydrogen-bond acceptors (Lipinski definition) is 2. The second-order valence-corrected chi connectivity index (χ2v) is 3.28. The molecule has 0 saturated carbocycles. The first-order valence-corrected chi connectivity index (χ1v) is 4.77. The Morgan fingerprint density at radius 2 is 2.33 bits per heavy atom. The van der Waals surface area contributed by atoms with Crippen LogP contribution in [0.2, 0.25) is 5.15 Å². The Bertz CT molecular complexity index is 412. The fourth-order valence-corrected chi connectivity index (χ4v) is 1.57. The molecule has 0 aliphatic rings. The number of hydrogen-bond donors (Lipinski definition) is 2. The number of rotatable bonds is 1. The molecule has 1 aromatic heterocycles. The molecule has 2 aromatic rings. The largest absolute Gasteiger partial charge is 0.328 e. The quantitative estimate of drug-likeness (QED) is 0.627. The van der Waals surface area contributed by atoms with Crippen LogP contribution < -0.4 is 3.53 Å². The molecule has 0 aliphatic carbocycles. The molecule has 0 saturated heterocycles. The summed E-state index contributed by atoms with van der Waals surface area (Å²) in [6, 6.07) is 5.82. The molecule has 3 nitrogen and oxygen atoms in total. The van der Waals surface area contributed by atoms with E-state index < -0.39 is 0 Å². The minimum absolute atomic E-state index is 0.582. The van der Waals surface area contributed by atoms with Crippen LogP contribution in [-0.4, -0.2) is 10.2 Å². The summed E-state index contributed by atoms with van der Waals surface area (Å²) in [6.07, 6.45) is 0. The normalized spacial score (nSPS) is 10.5. The van der Waals surface area contributed by atoms with Crippen molar-refractivity contribution in [1.82, 2.24) is 10.2 Å². The zero-order valence-electron chi connectivity index (χ0n) is 5.94. The lowest BCUT2D eigenvalue weighted by molar-refractivity contribution is 1.12. The molecule has 0 radical (unpaired) electrons. The molecule has 0 aliphatic heterocycles. The number of benzene rings is 1. The highest BCUT2D eigenvalue weighted by Gasteiger charge is 2.02. The van der Waals surface area contributed by atoms with Gasteiger partial charge in [0.05, 0.1) is 28.4 Å². The third-order valence-electron chi connectivity index (χ3n) is 1.62. The van der Waals surface area contributed by atoms with Gasteiger partial charge in [0.1, 0.15) is 5.15 Å². The summed E-state index contributed by atoms with van der Waals surface area (Å²) in [5.74, 6) is 0. The molecule has 0 amide bonds. The zero-order valence-corrected chi connectivity index (χ0v) is 8.85. The molecule has 0 fully saturated rings. The highest BCUT2D eigenvalue weighted by atomic mass is 127. The van der Waals surface area contributed by atoms with Gasteiger partial charge in [0.15, 0.2) is 0 Å². The van der Waals surface area contributed by atoms with Crippen molar-refractivity contribution in [3.63, 3.8) is 0 Å². The minimum Gasteiger partial charge on any atom is -0.328 e. The van der Waals surface area contributed by atoms with E-state index in [0.29, 0.717) is 5.15 Å². The molecule has 0 bridgehead atoms. The van der Waals surface area contributed by atoms with Crippen molar-refractivity contribution in [1.29, 1.82) is 0 Å². The van der Waals surface area contributed by atoms with Gasteiger partial charge in [-0.25, -0.2) is 0 Å². The number of aromatic nitrogens is 2. The average molecular weight is 293 g/mol. The highest BCUT2D eigenvalue weighted by Crippen LogP contribution is 2.24. The first-order valence-electron chi connectivity index (χ1n) is 3.31. The Labute approximate surface area is 88.0 Å². The lowest BCUT2D eigenvalue weighted by atomic mass is 10.2. The standard InChI is InChI=1S/C7H5ClIN3/c8-7-5-3-4(10-9)1-2-6(5)11-12-7/h1-3,10H,(H,11,12). The van der Waals surface area contributed by atoms with E-state index in [1.165, 1.54) is 0 Å². The monoisotopic (exact) mass is 293 g/mol. The van der Waals surface area contributed by atoms with Crippen LogP contribution in [0.25, 0.3) is 10.9 Å². The summed E-state index contributed by atoms with van der Waals surface area (Å²) in [4.78, 5) is 0. The van der Waals surface area contributed by atoms with Gasteiger partial charge in [-0.15, -0.1) is 0 Å². The van der Waals surface area contributed by atoms with E-state index in [0.717, 1.165) is 16.6 Å². The Kier molecular flexibility index (Phi) is 2.10. The summed E-state index contributed by atoms with van der Waals surface area (Å²) in [5.41, 5.74) is 1.90. The maximum atomic E-state index is 5.85. The third-order valence-corrected chi connectivity index (χ3v) is 2.53. The van der Waals surface area contributed by atoms with Gasteiger partial charge >= 0.3 is 0 Å². The smallest absolute Gasteiger partial charge is 0.132 e. The fourth-order valence-electron chi connectivity index (χ4n) is 1.04. The van der Waals surface area contributed by atoms with Crippen molar-refractivity contribution in [3.8, 4) is 0 Å². The van der Waals surface area contributed by atoms with Gasteiger partial charge in [0, 0.05) is 11.1 Å². The number of anilines is 1. The molecule has 12 heavy (non-hydrogen) atoms. The van der Waals surface area contributed by atoms with E-state index in [2.05, 4.69) is 36.6 Å². The van der Waals surface area contributed by atoms with Crippen molar-refractivity contribution < 1.29 is 0 Å². The van der Waals surface area contributed by atoms with Gasteiger partial charge in [0.2, 0.25) is 0 Å². The predicted octanol–water partition coefficient (Wildman–Crippen LogP) is 2.98. The lowest BCUT2D eigenvalue weighted by Gasteiger charge is -1.95. The third kappa shape index (κ3) is 1.25. The predicted molar refractivity (Wildman–Crippen MR) is 58.7 cm³/mol. The van der Waals surface area contributed by atoms with Crippen molar-refractivity contribution in [2.75, 3.05) is 3.53 Å². The molecule has 62 valence electrons. The molecule has 1 heterocycles. The van der Waals surface area contributed by atoms with Gasteiger partial charge in [-0.05, 0) is 18.2 Å². The topological polar surface area (TPSA) is 40.7 Å². The Morgan fingerprint density at radius 3 is 3.08 bits per heavy atom. The molecule has 0 spiro atoms. The number of nitrogens with one attached hydrogen (secondary N) is 2. The van der Waals surface area contributed by atoms with Crippen LogP contribution in [0.5, 0.6) is 0 Å². The van der Waals surface area contributed by atoms with Crippen molar-refractivity contribution in [2.24, 2.45) is 0 Å². The van der Waals surface area contributed by atoms with Crippen LogP contribution in [0.15, 0.2) is 18.2 Å². The first-order chi connectivity index (χ1) is 5.81. The SMILES string of the molecule is Clc1[nH]nc2ccc(NI)cc12. The summed E-state index contributed by atoms with van der Waals surface area (Å²) < 4.78 is 3.01. The van der Waals surface area contributed by atoms with E-state index >= 15 is 0 Å². The molecular weight excluding hydrogens is 288 g/mol. The number of halogens is 2. The van der Waals surface area contributed by atoms with E-state index in [1.807, 2.05) is 18.2 Å². The van der Waals surface area contributed by atoms with E-state index in [1.54, 1.807) is 0 Å². The van der Waals surface area contributed by atoms with Gasteiger partial charge in [-0.1, -0.05) is 11.6 Å². The lowest BCUT2D eigenvalue weighted by Crippen LogP contribution is -1.77. The second-order valence-electron chi connectivity index (χ2n) is 2.36. The van der Waals surface area contributed by atoms with Crippen LogP contribution in [0.1, 0.15) is 0 Å². The van der Waals surface area contributed by atoms with Crippen molar-refractivity contribution in [3.05, 3.63) is 23.4 Å². The maximum absolute atomic E-state index is 5.85. The molecular formula is C7H5ClIN3. The molecule has 0 atom stereocenters. The summed E-state index contributed by atoms with van der Waals surface area (Å²) >= 11 is 7.93. The minimum atomic E-state index is 0.582. The maximum Gasteiger partial charge on any atom is 0.132 e. The van der Waals surface area contributed by atoms with Gasteiger partial charge in [0.25, 0.3) is 0 Å². The molecule has 2 N–H and O–H groups in total. The molecule has 1 aromatic carbocycles. The first kappa shape index (κ1) is 8.12. The number of nitrogens with zero attached hydrogens (tertiary/aromatic N) is 1. The Morgan fingerprint density at radius 1 is 1.50 bits per heavy atom. The molecule has 5 heteroatoms. The van der Waals surface area contributed by atoms with Crippen molar-refractivity contribution in [2.45, 2.75) is 0 Å². The van der Waals surface area contributed by atoms with Crippen LogP contribution in [0, 0.1) is 0 Å². The van der Waals surface area contributed by atoms with E-state index in [9.17, 15) is 0 Å².